The van der Waals surface area contributed by atoms with Crippen LogP contribution in [0.1, 0.15) is 23.6 Å². The van der Waals surface area contributed by atoms with Crippen LogP contribution in [-0.2, 0) is 14.6 Å². The van der Waals surface area contributed by atoms with Gasteiger partial charge in [-0.3, -0.25) is 0 Å². The predicted molar refractivity (Wildman–Crippen MR) is 70.1 cm³/mol. The first-order valence-corrected chi connectivity index (χ1v) is 7.50. The van der Waals surface area contributed by atoms with E-state index >= 15 is 0 Å². The van der Waals surface area contributed by atoms with E-state index in [2.05, 4.69) is 0 Å². The van der Waals surface area contributed by atoms with Gasteiger partial charge in [-0.25, -0.2) is 8.42 Å². The van der Waals surface area contributed by atoms with Crippen molar-refractivity contribution in [2.75, 3.05) is 7.11 Å². The third kappa shape index (κ3) is 2.44. The summed E-state index contributed by atoms with van der Waals surface area (Å²) in [6.45, 7) is 5.11. The second-order valence-corrected chi connectivity index (χ2v) is 7.72. The molecule has 0 atom stereocenters. The number of hydrogen-bond acceptors (Lipinski definition) is 5. The van der Waals surface area contributed by atoms with Crippen molar-refractivity contribution in [2.24, 2.45) is 0 Å². The van der Waals surface area contributed by atoms with Gasteiger partial charge < -0.3 is 4.74 Å². The Bertz CT molecular complexity index is 497. The summed E-state index contributed by atoms with van der Waals surface area (Å²) in [4.78, 5) is 1.80. The molecule has 0 spiro atoms. The van der Waals surface area contributed by atoms with Crippen LogP contribution in [0.5, 0.6) is 0 Å². The van der Waals surface area contributed by atoms with E-state index in [9.17, 15) is 8.42 Å². The summed E-state index contributed by atoms with van der Waals surface area (Å²) < 4.78 is 28.9. The van der Waals surface area contributed by atoms with Crippen molar-refractivity contribution < 1.29 is 13.2 Å². The monoisotopic (exact) mass is 278 g/mol. The number of methoxy groups -OCH3 is 1. The number of sulfone groups is 1. The maximum absolute atomic E-state index is 12.0. The number of hydrogen-bond donors (Lipinski definition) is 0. The molecule has 1 aromatic heterocycles. The van der Waals surface area contributed by atoms with E-state index in [1.54, 1.807) is 26.8 Å². The summed E-state index contributed by atoms with van der Waals surface area (Å²) >= 11 is 6.32. The molecule has 1 rings (SSSR count). The fourth-order valence-electron chi connectivity index (χ4n) is 1.20. The van der Waals surface area contributed by atoms with Crippen LogP contribution in [0, 0.1) is 6.92 Å². The Hall–Kier alpha value is -0.460. The Morgan fingerprint density at radius 3 is 2.50 bits per heavy atom. The number of rotatable bonds is 3. The van der Waals surface area contributed by atoms with Gasteiger partial charge in [0.05, 0.1) is 22.1 Å². The quantitative estimate of drug-likeness (QED) is 0.797. The molecule has 0 aromatic carbocycles. The average Bonchev–Trinajstić information content (AvgIpc) is 2.59. The Labute approximate surface area is 105 Å². The Morgan fingerprint density at radius 2 is 2.06 bits per heavy atom. The van der Waals surface area contributed by atoms with E-state index in [4.69, 9.17) is 17.0 Å². The molecule has 0 aliphatic rings. The molecule has 0 saturated carbocycles. The van der Waals surface area contributed by atoms with Crippen molar-refractivity contribution in [3.8, 4) is 0 Å². The lowest BCUT2D eigenvalue weighted by Gasteiger charge is -2.06. The Kier molecular flexibility index (Phi) is 4.09. The summed E-state index contributed by atoms with van der Waals surface area (Å²) in [6, 6.07) is 1.60. The highest BCUT2D eigenvalue weighted by Gasteiger charge is 2.24. The number of thiocarbonyl (C=S) groups is 1. The molecule has 0 N–H and O–H groups in total. The minimum atomic E-state index is -3.23. The Morgan fingerprint density at radius 1 is 1.50 bits per heavy atom. The maximum atomic E-state index is 12.0. The van der Waals surface area contributed by atoms with Gasteiger partial charge in [0.15, 0.2) is 9.84 Å². The highest BCUT2D eigenvalue weighted by Crippen LogP contribution is 2.29. The van der Waals surface area contributed by atoms with Crippen molar-refractivity contribution in [1.29, 1.82) is 0 Å². The number of thiophene rings is 1. The molecule has 1 aromatic rings. The van der Waals surface area contributed by atoms with Crippen LogP contribution in [-0.4, -0.2) is 25.8 Å². The second-order valence-electron chi connectivity index (χ2n) is 3.62. The third-order valence-corrected chi connectivity index (χ3v) is 6.16. The molecule has 0 fully saturated rings. The van der Waals surface area contributed by atoms with Gasteiger partial charge in [-0.15, -0.1) is 11.3 Å². The van der Waals surface area contributed by atoms with E-state index in [1.807, 2.05) is 0 Å². The molecule has 3 nitrogen and oxygen atoms in total. The van der Waals surface area contributed by atoms with Crippen LogP contribution in [0.3, 0.4) is 0 Å². The molecule has 0 radical (unpaired) electrons. The van der Waals surface area contributed by atoms with Gasteiger partial charge in [0, 0.05) is 4.88 Å². The van der Waals surface area contributed by atoms with Gasteiger partial charge in [0.1, 0.15) is 0 Å². The topological polar surface area (TPSA) is 43.4 Å². The lowest BCUT2D eigenvalue weighted by Crippen LogP contribution is -2.14. The molecule has 0 aliphatic heterocycles. The van der Waals surface area contributed by atoms with Crippen molar-refractivity contribution in [3.63, 3.8) is 0 Å². The van der Waals surface area contributed by atoms with Crippen LogP contribution < -0.4 is 0 Å². The first-order chi connectivity index (χ1) is 7.30. The van der Waals surface area contributed by atoms with E-state index in [0.717, 1.165) is 4.88 Å². The zero-order valence-electron chi connectivity index (χ0n) is 9.60. The van der Waals surface area contributed by atoms with Gasteiger partial charge in [-0.1, -0.05) is 0 Å². The van der Waals surface area contributed by atoms with Gasteiger partial charge in [-0.2, -0.15) is 0 Å². The highest BCUT2D eigenvalue weighted by atomic mass is 32.2. The molecule has 0 saturated heterocycles. The molecule has 90 valence electrons. The standard InChI is InChI=1S/C10H14O3S3/c1-6(2)16(11,12)9-5-8(10(14)13-4)15-7(9)3/h5-6H,1-4H3. The zero-order valence-corrected chi connectivity index (χ0v) is 12.1. The normalized spacial score (nSPS) is 11.8. The fourth-order valence-corrected chi connectivity index (χ4v) is 3.96. The fraction of sp³-hybridized carbons (Fsp3) is 0.500. The van der Waals surface area contributed by atoms with Gasteiger partial charge in [0.25, 0.3) is 0 Å². The minimum absolute atomic E-state index is 0.332. The molecular weight excluding hydrogens is 264 g/mol. The van der Waals surface area contributed by atoms with Crippen molar-refractivity contribution >= 4 is 38.4 Å². The van der Waals surface area contributed by atoms with E-state index in [0.29, 0.717) is 14.8 Å². The van der Waals surface area contributed by atoms with Crippen LogP contribution in [0.4, 0.5) is 0 Å². The first-order valence-electron chi connectivity index (χ1n) is 4.73. The number of aryl methyl sites for hydroxylation is 1. The van der Waals surface area contributed by atoms with Crippen LogP contribution >= 0.6 is 23.6 Å². The SMILES string of the molecule is COC(=S)c1cc(S(=O)(=O)C(C)C)c(C)s1. The van der Waals surface area contributed by atoms with Crippen LogP contribution in [0.25, 0.3) is 0 Å². The summed E-state index contributed by atoms with van der Waals surface area (Å²) in [5.74, 6) is 0. The molecule has 1 heterocycles. The van der Waals surface area contributed by atoms with Crippen LogP contribution in [0.15, 0.2) is 11.0 Å². The lowest BCUT2D eigenvalue weighted by molar-refractivity contribution is 0.417. The first kappa shape index (κ1) is 13.6. The van der Waals surface area contributed by atoms with Gasteiger partial charge >= 0.3 is 0 Å². The molecule has 0 aliphatic carbocycles. The van der Waals surface area contributed by atoms with Crippen LogP contribution in [0.2, 0.25) is 0 Å². The average molecular weight is 278 g/mol. The second kappa shape index (κ2) is 4.81. The molecular formula is C10H14O3S3. The third-order valence-electron chi connectivity index (χ3n) is 2.19. The van der Waals surface area contributed by atoms with E-state index < -0.39 is 15.1 Å². The maximum Gasteiger partial charge on any atom is 0.201 e. The minimum Gasteiger partial charge on any atom is -0.486 e. The van der Waals surface area contributed by atoms with Crippen molar-refractivity contribution in [1.82, 2.24) is 0 Å². The summed E-state index contributed by atoms with van der Waals surface area (Å²) in [7, 11) is -1.75. The van der Waals surface area contributed by atoms with Crippen molar-refractivity contribution in [3.05, 3.63) is 15.8 Å². The molecule has 0 unspecified atom stereocenters. The number of ether oxygens (including phenoxy) is 1. The predicted octanol–water partition coefficient (Wildman–Crippen LogP) is 2.56. The lowest BCUT2D eigenvalue weighted by atomic mass is 10.4. The zero-order chi connectivity index (χ0) is 12.5. The molecule has 0 amide bonds. The van der Waals surface area contributed by atoms with Gasteiger partial charge in [0.2, 0.25) is 5.05 Å². The van der Waals surface area contributed by atoms with E-state index in [1.165, 1.54) is 18.4 Å². The smallest absolute Gasteiger partial charge is 0.201 e. The van der Waals surface area contributed by atoms with Crippen molar-refractivity contribution in [2.45, 2.75) is 30.9 Å². The van der Waals surface area contributed by atoms with Gasteiger partial charge in [-0.05, 0) is 39.1 Å². The van der Waals surface area contributed by atoms with E-state index in [-0.39, 0.29) is 0 Å². The molecule has 16 heavy (non-hydrogen) atoms. The highest BCUT2D eigenvalue weighted by molar-refractivity contribution is 7.92. The summed E-state index contributed by atoms with van der Waals surface area (Å²) in [6.07, 6.45) is 0. The Balaban J connectivity index is 3.28. The largest absolute Gasteiger partial charge is 0.486 e. The summed E-state index contributed by atoms with van der Waals surface area (Å²) in [5, 5.41) is -0.0944. The molecule has 6 heteroatoms. The summed E-state index contributed by atoms with van der Waals surface area (Å²) in [5.41, 5.74) is 0. The molecule has 0 bridgehead atoms.